The van der Waals surface area contributed by atoms with Crippen LogP contribution in [0.5, 0.6) is 0 Å². The van der Waals surface area contributed by atoms with Gasteiger partial charge in [0.1, 0.15) is 12.2 Å². The monoisotopic (exact) mass is 282 g/mol. The van der Waals surface area contributed by atoms with Gasteiger partial charge in [-0.3, -0.25) is 0 Å². The Kier molecular flexibility index (Phi) is 3.68. The van der Waals surface area contributed by atoms with Crippen LogP contribution in [0.15, 0.2) is 43.0 Å². The molecule has 0 unspecified atom stereocenters. The van der Waals surface area contributed by atoms with Gasteiger partial charge in [-0.25, -0.2) is 4.98 Å². The first-order valence-corrected chi connectivity index (χ1v) is 6.96. The number of hydrogen-bond donors (Lipinski definition) is 1. The zero-order valence-electron chi connectivity index (χ0n) is 12.2. The van der Waals surface area contributed by atoms with Crippen molar-refractivity contribution in [1.29, 1.82) is 0 Å². The molecule has 0 radical (unpaired) electrons. The Labute approximate surface area is 123 Å². The predicted octanol–water partition coefficient (Wildman–Crippen LogP) is 2.31. The first kappa shape index (κ1) is 13.4. The zero-order chi connectivity index (χ0) is 14.7. The number of nitrogens with one attached hydrogen (secondary N) is 1. The lowest BCUT2D eigenvalue weighted by atomic mass is 10.2. The van der Waals surface area contributed by atoms with Crippen molar-refractivity contribution in [3.05, 3.63) is 48.8 Å². The SMILES string of the molecule is CCn1ccnc1CNc1cccc(-c2nncn2C)c1. The molecule has 1 N–H and O–H groups in total. The number of benzene rings is 1. The second-order valence-corrected chi connectivity index (χ2v) is 4.83. The number of aromatic nitrogens is 5. The Morgan fingerprint density at radius 1 is 1.29 bits per heavy atom. The Bertz CT molecular complexity index is 727. The van der Waals surface area contributed by atoms with Crippen molar-refractivity contribution >= 4 is 5.69 Å². The Balaban J connectivity index is 1.76. The number of anilines is 1. The standard InChI is InChI=1S/C15H18N6/c1-3-21-8-7-16-14(21)10-17-13-6-4-5-12(9-13)15-19-18-11-20(15)2/h4-9,11,17H,3,10H2,1-2H3. The molecule has 0 saturated heterocycles. The molecular weight excluding hydrogens is 264 g/mol. The molecule has 0 amide bonds. The highest BCUT2D eigenvalue weighted by Crippen LogP contribution is 2.20. The summed E-state index contributed by atoms with van der Waals surface area (Å²) in [6, 6.07) is 8.16. The van der Waals surface area contributed by atoms with Crippen molar-refractivity contribution in [2.24, 2.45) is 7.05 Å². The lowest BCUT2D eigenvalue weighted by Crippen LogP contribution is -2.07. The molecule has 0 atom stereocenters. The second-order valence-electron chi connectivity index (χ2n) is 4.83. The lowest BCUT2D eigenvalue weighted by Gasteiger charge is -2.09. The van der Waals surface area contributed by atoms with E-state index < -0.39 is 0 Å². The van der Waals surface area contributed by atoms with Crippen LogP contribution in [0, 0.1) is 0 Å². The number of nitrogens with zero attached hydrogens (tertiary/aromatic N) is 5. The summed E-state index contributed by atoms with van der Waals surface area (Å²) in [4.78, 5) is 4.36. The fourth-order valence-electron chi connectivity index (χ4n) is 2.29. The largest absolute Gasteiger partial charge is 0.378 e. The molecule has 2 heterocycles. The van der Waals surface area contributed by atoms with Crippen LogP contribution in [0.3, 0.4) is 0 Å². The molecule has 0 bridgehead atoms. The van der Waals surface area contributed by atoms with Crippen LogP contribution < -0.4 is 5.32 Å². The molecule has 0 aliphatic rings. The molecule has 2 aromatic heterocycles. The van der Waals surface area contributed by atoms with E-state index in [1.54, 1.807) is 6.33 Å². The highest BCUT2D eigenvalue weighted by molar-refractivity contribution is 5.62. The first-order valence-electron chi connectivity index (χ1n) is 6.96. The van der Waals surface area contributed by atoms with E-state index in [0.29, 0.717) is 6.54 Å². The van der Waals surface area contributed by atoms with Gasteiger partial charge in [0.25, 0.3) is 0 Å². The quantitative estimate of drug-likeness (QED) is 0.780. The summed E-state index contributed by atoms with van der Waals surface area (Å²) < 4.78 is 4.03. The minimum Gasteiger partial charge on any atom is -0.378 e. The van der Waals surface area contributed by atoms with Crippen LogP contribution in [0.25, 0.3) is 11.4 Å². The molecule has 21 heavy (non-hydrogen) atoms. The molecule has 1 aromatic carbocycles. The van der Waals surface area contributed by atoms with E-state index in [-0.39, 0.29) is 0 Å². The van der Waals surface area contributed by atoms with Crippen LogP contribution in [0.4, 0.5) is 5.69 Å². The maximum absolute atomic E-state index is 4.36. The number of imidazole rings is 1. The Hall–Kier alpha value is -2.63. The third-order valence-electron chi connectivity index (χ3n) is 3.43. The van der Waals surface area contributed by atoms with Crippen LogP contribution in [0.2, 0.25) is 0 Å². The molecule has 3 rings (SSSR count). The molecule has 6 nitrogen and oxygen atoms in total. The molecule has 0 saturated carbocycles. The van der Waals surface area contributed by atoms with Gasteiger partial charge in [-0.05, 0) is 19.1 Å². The fraction of sp³-hybridized carbons (Fsp3) is 0.267. The highest BCUT2D eigenvalue weighted by Gasteiger charge is 2.06. The summed E-state index contributed by atoms with van der Waals surface area (Å²) in [7, 11) is 1.94. The molecule has 0 aliphatic carbocycles. The van der Waals surface area contributed by atoms with E-state index >= 15 is 0 Å². The maximum Gasteiger partial charge on any atom is 0.163 e. The summed E-state index contributed by atoms with van der Waals surface area (Å²) in [6.45, 7) is 3.74. The van der Waals surface area contributed by atoms with Gasteiger partial charge in [0.2, 0.25) is 0 Å². The lowest BCUT2D eigenvalue weighted by molar-refractivity contribution is 0.708. The first-order chi connectivity index (χ1) is 10.3. The highest BCUT2D eigenvalue weighted by atomic mass is 15.2. The molecule has 3 aromatic rings. The van der Waals surface area contributed by atoms with Crippen LogP contribution in [0.1, 0.15) is 12.7 Å². The van der Waals surface area contributed by atoms with Crippen molar-refractivity contribution in [3.63, 3.8) is 0 Å². The number of rotatable bonds is 5. The molecule has 108 valence electrons. The Morgan fingerprint density at radius 3 is 2.95 bits per heavy atom. The van der Waals surface area contributed by atoms with Gasteiger partial charge in [-0.1, -0.05) is 12.1 Å². The van der Waals surface area contributed by atoms with Gasteiger partial charge in [-0.2, -0.15) is 0 Å². The van der Waals surface area contributed by atoms with Gasteiger partial charge in [0.05, 0.1) is 6.54 Å². The topological polar surface area (TPSA) is 60.6 Å². The van der Waals surface area contributed by atoms with E-state index in [9.17, 15) is 0 Å². The fourth-order valence-corrected chi connectivity index (χ4v) is 2.29. The Morgan fingerprint density at radius 2 is 2.19 bits per heavy atom. The molecule has 6 heteroatoms. The summed E-state index contributed by atoms with van der Waals surface area (Å²) in [6.07, 6.45) is 5.52. The van der Waals surface area contributed by atoms with Crippen molar-refractivity contribution in [2.75, 3.05) is 5.32 Å². The zero-order valence-corrected chi connectivity index (χ0v) is 12.2. The van der Waals surface area contributed by atoms with Gasteiger partial charge in [0.15, 0.2) is 5.82 Å². The van der Waals surface area contributed by atoms with Crippen molar-refractivity contribution in [1.82, 2.24) is 24.3 Å². The third-order valence-corrected chi connectivity index (χ3v) is 3.43. The molecule has 0 fully saturated rings. The van der Waals surface area contributed by atoms with Gasteiger partial charge < -0.3 is 14.5 Å². The van der Waals surface area contributed by atoms with Gasteiger partial charge >= 0.3 is 0 Å². The minimum absolute atomic E-state index is 0.698. The smallest absolute Gasteiger partial charge is 0.163 e. The summed E-state index contributed by atoms with van der Waals surface area (Å²) in [5.74, 6) is 1.88. The second kappa shape index (κ2) is 5.78. The summed E-state index contributed by atoms with van der Waals surface area (Å²) >= 11 is 0. The molecule has 0 spiro atoms. The number of hydrogen-bond acceptors (Lipinski definition) is 4. The van der Waals surface area contributed by atoms with E-state index in [2.05, 4.69) is 38.1 Å². The number of aryl methyl sites for hydroxylation is 2. The minimum atomic E-state index is 0.698. The predicted molar refractivity (Wildman–Crippen MR) is 81.7 cm³/mol. The van der Waals surface area contributed by atoms with E-state index in [4.69, 9.17) is 0 Å². The summed E-state index contributed by atoms with van der Waals surface area (Å²) in [5.41, 5.74) is 2.08. The van der Waals surface area contributed by atoms with E-state index in [1.807, 2.05) is 42.2 Å². The average Bonchev–Trinajstić information content (AvgIpc) is 3.13. The molecule has 0 aliphatic heterocycles. The van der Waals surface area contributed by atoms with Crippen molar-refractivity contribution in [3.8, 4) is 11.4 Å². The van der Waals surface area contributed by atoms with Gasteiger partial charge in [0, 0.05) is 37.2 Å². The van der Waals surface area contributed by atoms with Crippen LogP contribution in [-0.4, -0.2) is 24.3 Å². The normalized spacial score (nSPS) is 10.8. The van der Waals surface area contributed by atoms with Crippen molar-refractivity contribution in [2.45, 2.75) is 20.0 Å². The van der Waals surface area contributed by atoms with Gasteiger partial charge in [-0.15, -0.1) is 10.2 Å². The average molecular weight is 282 g/mol. The van der Waals surface area contributed by atoms with E-state index in [1.165, 1.54) is 0 Å². The van der Waals surface area contributed by atoms with E-state index in [0.717, 1.165) is 29.4 Å². The molecular formula is C15H18N6. The summed E-state index contributed by atoms with van der Waals surface area (Å²) in [5, 5.41) is 11.5. The maximum atomic E-state index is 4.36. The van der Waals surface area contributed by atoms with Crippen LogP contribution in [-0.2, 0) is 20.1 Å². The van der Waals surface area contributed by atoms with Crippen molar-refractivity contribution < 1.29 is 0 Å². The van der Waals surface area contributed by atoms with Crippen LogP contribution >= 0.6 is 0 Å². The third kappa shape index (κ3) is 2.79.